The van der Waals surface area contributed by atoms with Crippen molar-refractivity contribution < 1.29 is 4.42 Å². The molecule has 0 atom stereocenters. The van der Waals surface area contributed by atoms with Crippen molar-refractivity contribution in [3.8, 4) is 56.7 Å². The van der Waals surface area contributed by atoms with Gasteiger partial charge >= 0.3 is 263 Å². The molecule has 5 nitrogen and oxygen atoms in total. The number of hydrogen-bond donors (Lipinski definition) is 0. The second-order valence-corrected chi connectivity index (χ2v) is 15.7. The van der Waals surface area contributed by atoms with Crippen molar-refractivity contribution in [2.24, 2.45) is 0 Å². The molecule has 0 aliphatic heterocycles. The minimum absolute atomic E-state index is 0.205. The van der Waals surface area contributed by atoms with Crippen LogP contribution in [0.5, 0.6) is 0 Å². The van der Waals surface area contributed by atoms with Crippen LogP contribution in [0.4, 0.5) is 0 Å². The van der Waals surface area contributed by atoms with E-state index in [0.29, 0.717) is 34.5 Å². The summed E-state index contributed by atoms with van der Waals surface area (Å²) in [6, 6.07) is 59.0. The predicted molar refractivity (Wildman–Crippen MR) is 222 cm³/mol. The van der Waals surface area contributed by atoms with Crippen LogP contribution >= 0.6 is 0 Å². The van der Waals surface area contributed by atoms with Crippen LogP contribution in [0.25, 0.3) is 109 Å². The second kappa shape index (κ2) is 12.5. The fraction of sp³-hybridized carbons (Fsp3) is 0. The number of oxazole rings is 1. The quantitative estimate of drug-likeness (QED) is 0.164. The molecule has 54 heavy (non-hydrogen) atoms. The van der Waals surface area contributed by atoms with Gasteiger partial charge in [-0.1, -0.05) is 48.5 Å². The normalized spacial score (nSPS) is 11.7. The molecule has 0 amide bonds. The van der Waals surface area contributed by atoms with Gasteiger partial charge in [0.25, 0.3) is 0 Å². The van der Waals surface area contributed by atoms with E-state index in [1.807, 2.05) is 24.3 Å². The molecule has 3 aromatic heterocycles. The molecule has 0 radical (unpaired) electrons. The molecule has 8 aromatic carbocycles. The molecule has 0 bridgehead atoms. The summed E-state index contributed by atoms with van der Waals surface area (Å²) in [5.41, 5.74) is 7.19. The van der Waals surface area contributed by atoms with Gasteiger partial charge < -0.3 is 0 Å². The minimum Gasteiger partial charge on any atom is -0.0617 e. The summed E-state index contributed by atoms with van der Waals surface area (Å²) in [5.74, 6) is 2.33. The van der Waals surface area contributed by atoms with Crippen molar-refractivity contribution in [2.45, 2.75) is 0 Å². The maximum absolute atomic E-state index is 6.79. The Balaban J connectivity index is 1.19. The summed E-state index contributed by atoms with van der Waals surface area (Å²) in [7, 11) is 0. The third-order valence-corrected chi connectivity index (χ3v) is 12.5. The molecular formula is C48H28N4OSe. The molecule has 0 unspecified atom stereocenters. The number of rotatable bonds is 5. The Morgan fingerprint density at radius 3 is 1.91 bits per heavy atom. The van der Waals surface area contributed by atoms with Crippen molar-refractivity contribution in [1.82, 2.24) is 19.9 Å². The molecule has 0 fully saturated rings. The van der Waals surface area contributed by atoms with Gasteiger partial charge in [0.05, 0.1) is 0 Å². The second-order valence-electron chi connectivity index (χ2n) is 13.4. The predicted octanol–water partition coefficient (Wildman–Crippen LogP) is 12.0. The van der Waals surface area contributed by atoms with E-state index in [1.165, 1.54) is 19.3 Å². The van der Waals surface area contributed by atoms with Crippen LogP contribution in [0.3, 0.4) is 0 Å². The number of aromatic nitrogens is 4. The largest absolute Gasteiger partial charge is 0.0617 e. The standard InChI is InChI=1S/C48H28N4OSe/c1-2-14-30(15-3-1)34-18-8-9-20-36(34)48-49-43-39(28-32-17-6-7-19-35(32)44(43)53-48)47-51-45(33-26-25-29-13-4-5-16-31(29)27-33)50-46(52-47)38-22-12-24-41-42(38)37-21-10-11-23-40(37)54-41/h1-28H. The molecule has 0 aliphatic rings. The number of benzene rings is 8. The van der Waals surface area contributed by atoms with E-state index in [1.54, 1.807) is 0 Å². The Hall–Kier alpha value is -6.72. The van der Waals surface area contributed by atoms with E-state index < -0.39 is 0 Å². The fourth-order valence-electron chi connectivity index (χ4n) is 7.60. The molecule has 6 heteroatoms. The maximum Gasteiger partial charge on any atom is -0.0544 e. The van der Waals surface area contributed by atoms with Crippen molar-refractivity contribution in [3.05, 3.63) is 170 Å². The third-order valence-electron chi connectivity index (χ3n) is 10.2. The Bertz CT molecular complexity index is 3240. The first-order valence-corrected chi connectivity index (χ1v) is 19.6. The molecule has 0 aliphatic carbocycles. The molecule has 252 valence electrons. The van der Waals surface area contributed by atoms with Gasteiger partial charge in [-0.15, -0.1) is 0 Å². The summed E-state index contributed by atoms with van der Waals surface area (Å²) < 4.78 is 9.50. The first-order valence-electron chi connectivity index (χ1n) is 17.9. The third kappa shape index (κ3) is 5.07. The van der Waals surface area contributed by atoms with Crippen LogP contribution in [0, 0.1) is 0 Å². The van der Waals surface area contributed by atoms with Crippen molar-refractivity contribution in [3.63, 3.8) is 0 Å². The SMILES string of the molecule is c1ccc(-c2ccccc2-c2nc3c(-c4nc(-c5ccc6ccccc6c5)nc(-c5cccc6[se]c7ccccc7c56)n4)cc4ccccc4c3o2)cc1. The average molecular weight is 756 g/mol. The fourth-order valence-corrected chi connectivity index (χ4v) is 9.97. The first-order chi connectivity index (χ1) is 26.7. The number of fused-ring (bicyclic) bond motifs is 7. The van der Waals surface area contributed by atoms with Crippen LogP contribution in [-0.2, 0) is 0 Å². The zero-order valence-electron chi connectivity index (χ0n) is 28.8. The van der Waals surface area contributed by atoms with Gasteiger partial charge in [0.2, 0.25) is 0 Å². The Kier molecular flexibility index (Phi) is 7.12. The summed E-state index contributed by atoms with van der Waals surface area (Å²) >= 11 is 0.205. The summed E-state index contributed by atoms with van der Waals surface area (Å²) in [6.07, 6.45) is 0. The van der Waals surface area contributed by atoms with E-state index in [0.717, 1.165) is 54.9 Å². The maximum atomic E-state index is 6.79. The van der Waals surface area contributed by atoms with Crippen LogP contribution in [-0.4, -0.2) is 34.4 Å². The van der Waals surface area contributed by atoms with Gasteiger partial charge in [-0.25, -0.2) is 0 Å². The average Bonchev–Trinajstić information content (AvgIpc) is 3.86. The van der Waals surface area contributed by atoms with Crippen LogP contribution < -0.4 is 0 Å². The van der Waals surface area contributed by atoms with Gasteiger partial charge in [-0.05, 0) is 5.56 Å². The molecule has 0 spiro atoms. The van der Waals surface area contributed by atoms with Gasteiger partial charge in [-0.2, -0.15) is 0 Å². The molecule has 11 aromatic rings. The molecule has 3 heterocycles. The Morgan fingerprint density at radius 2 is 1.04 bits per heavy atom. The van der Waals surface area contributed by atoms with Crippen LogP contribution in [0.2, 0.25) is 0 Å². The first kappa shape index (κ1) is 30.9. The van der Waals surface area contributed by atoms with Gasteiger partial charge in [-0.3, -0.25) is 0 Å². The van der Waals surface area contributed by atoms with E-state index in [2.05, 4.69) is 146 Å². The number of hydrogen-bond acceptors (Lipinski definition) is 5. The molecular weight excluding hydrogens is 728 g/mol. The van der Waals surface area contributed by atoms with E-state index in [-0.39, 0.29) is 14.5 Å². The summed E-state index contributed by atoms with van der Waals surface area (Å²) in [5, 5.41) is 6.75. The van der Waals surface area contributed by atoms with E-state index in [9.17, 15) is 0 Å². The number of nitrogens with zero attached hydrogens (tertiary/aromatic N) is 4. The molecule has 11 rings (SSSR count). The van der Waals surface area contributed by atoms with Crippen LogP contribution in [0.15, 0.2) is 174 Å². The van der Waals surface area contributed by atoms with E-state index >= 15 is 0 Å². The smallest absolute Gasteiger partial charge is 0.0544 e. The summed E-state index contributed by atoms with van der Waals surface area (Å²) in [4.78, 5) is 21.1. The zero-order chi connectivity index (χ0) is 35.6. The van der Waals surface area contributed by atoms with E-state index in [4.69, 9.17) is 24.4 Å². The zero-order valence-corrected chi connectivity index (χ0v) is 30.5. The van der Waals surface area contributed by atoms with Gasteiger partial charge in [0.1, 0.15) is 0 Å². The van der Waals surface area contributed by atoms with Crippen molar-refractivity contribution in [2.75, 3.05) is 0 Å². The topological polar surface area (TPSA) is 64.7 Å². The van der Waals surface area contributed by atoms with Crippen LogP contribution in [0.1, 0.15) is 0 Å². The van der Waals surface area contributed by atoms with Crippen molar-refractivity contribution in [1.29, 1.82) is 0 Å². The minimum atomic E-state index is 0.205. The van der Waals surface area contributed by atoms with Gasteiger partial charge in [0, 0.05) is 0 Å². The molecule has 0 N–H and O–H groups in total. The van der Waals surface area contributed by atoms with Crippen molar-refractivity contribution >= 4 is 66.4 Å². The Labute approximate surface area is 316 Å². The monoisotopic (exact) mass is 756 g/mol. The summed E-state index contributed by atoms with van der Waals surface area (Å²) in [6.45, 7) is 0. The molecule has 0 saturated heterocycles. The Morgan fingerprint density at radius 1 is 0.389 bits per heavy atom. The molecule has 0 saturated carbocycles. The van der Waals surface area contributed by atoms with Gasteiger partial charge in [0.15, 0.2) is 0 Å².